The van der Waals surface area contributed by atoms with E-state index in [0.717, 1.165) is 28.6 Å². The van der Waals surface area contributed by atoms with Crippen molar-refractivity contribution in [2.45, 2.75) is 31.1 Å². The van der Waals surface area contributed by atoms with E-state index in [1.54, 1.807) is 30.5 Å². The predicted octanol–water partition coefficient (Wildman–Crippen LogP) is 4.22. The largest absolute Gasteiger partial charge is 0.384 e. The molecule has 0 aliphatic carbocycles. The molecule has 1 unspecified atom stereocenters. The maximum atomic E-state index is 13.0. The minimum atomic E-state index is -3.60. The van der Waals surface area contributed by atoms with Crippen LogP contribution < -0.4 is 10.6 Å². The van der Waals surface area contributed by atoms with Gasteiger partial charge in [-0.15, -0.1) is 0 Å². The van der Waals surface area contributed by atoms with Gasteiger partial charge in [0.1, 0.15) is 0 Å². The van der Waals surface area contributed by atoms with Crippen LogP contribution in [0.4, 0.5) is 5.69 Å². The summed E-state index contributed by atoms with van der Waals surface area (Å²) in [5.41, 5.74) is 2.80. The summed E-state index contributed by atoms with van der Waals surface area (Å²) < 4.78 is 27.4. The van der Waals surface area contributed by atoms with Crippen molar-refractivity contribution in [1.82, 2.24) is 14.6 Å². The standard InChI is InChI=1S/C25H29ClN4O3S/c1-18-5-8-21(9-6-18)34(32,33)30-15-2-4-19(17-30)25(31)29-13-3-12-27-23-11-14-28-24-16-20(26)7-10-22(23)24/h5-11,14,16,19H,2-4,12-13,15,17H2,1H3,(H,27,28)(H,29,31). The zero-order valence-corrected chi connectivity index (χ0v) is 20.7. The van der Waals surface area contributed by atoms with Gasteiger partial charge >= 0.3 is 0 Å². The average molecular weight is 501 g/mol. The normalized spacial score (nSPS) is 16.9. The first-order valence-electron chi connectivity index (χ1n) is 11.5. The number of hydrogen-bond donors (Lipinski definition) is 2. The van der Waals surface area contributed by atoms with E-state index in [1.165, 1.54) is 4.31 Å². The second-order valence-electron chi connectivity index (χ2n) is 8.61. The Kier molecular flexibility index (Phi) is 7.70. The number of sulfonamides is 1. The van der Waals surface area contributed by atoms with E-state index >= 15 is 0 Å². The Hall–Kier alpha value is -2.68. The molecule has 1 aliphatic heterocycles. The molecule has 3 aromatic rings. The number of hydrogen-bond acceptors (Lipinski definition) is 5. The van der Waals surface area contributed by atoms with Gasteiger partial charge in [0.15, 0.2) is 0 Å². The number of nitrogens with one attached hydrogen (secondary N) is 2. The van der Waals surface area contributed by atoms with E-state index in [4.69, 9.17) is 11.6 Å². The number of rotatable bonds is 8. The molecular formula is C25H29ClN4O3S. The highest BCUT2D eigenvalue weighted by Crippen LogP contribution is 2.25. The fourth-order valence-corrected chi connectivity index (χ4v) is 5.87. The second kappa shape index (κ2) is 10.7. The number of carbonyl (C=O) groups excluding carboxylic acids is 1. The molecule has 4 rings (SSSR count). The molecule has 1 aliphatic rings. The van der Waals surface area contributed by atoms with Crippen molar-refractivity contribution in [1.29, 1.82) is 0 Å². The van der Waals surface area contributed by atoms with Gasteiger partial charge < -0.3 is 10.6 Å². The molecule has 1 saturated heterocycles. The number of pyridine rings is 1. The Morgan fingerprint density at radius 3 is 2.74 bits per heavy atom. The Balaban J connectivity index is 1.26. The Morgan fingerprint density at radius 1 is 1.15 bits per heavy atom. The number of piperidine rings is 1. The highest BCUT2D eigenvalue weighted by molar-refractivity contribution is 7.89. The molecule has 7 nitrogen and oxygen atoms in total. The predicted molar refractivity (Wildman–Crippen MR) is 136 cm³/mol. The summed E-state index contributed by atoms with van der Waals surface area (Å²) in [5, 5.41) is 8.00. The highest BCUT2D eigenvalue weighted by atomic mass is 35.5. The number of halogens is 1. The van der Waals surface area contributed by atoms with Gasteiger partial charge in [0.2, 0.25) is 15.9 Å². The van der Waals surface area contributed by atoms with Crippen LogP contribution in [0.3, 0.4) is 0 Å². The van der Waals surface area contributed by atoms with Gasteiger partial charge in [-0.05, 0) is 62.6 Å². The lowest BCUT2D eigenvalue weighted by Gasteiger charge is -2.31. The zero-order chi connectivity index (χ0) is 24.1. The van der Waals surface area contributed by atoms with Crippen LogP contribution in [-0.4, -0.2) is 49.8 Å². The molecule has 0 bridgehead atoms. The van der Waals surface area contributed by atoms with E-state index in [2.05, 4.69) is 15.6 Å². The number of aryl methyl sites for hydroxylation is 1. The van der Waals surface area contributed by atoms with Crippen molar-refractivity contribution < 1.29 is 13.2 Å². The number of fused-ring (bicyclic) bond motifs is 1. The SMILES string of the molecule is Cc1ccc(S(=O)(=O)N2CCCC(C(=O)NCCCNc3ccnc4cc(Cl)ccc34)C2)cc1. The first kappa shape index (κ1) is 24.4. The van der Waals surface area contributed by atoms with E-state index in [1.807, 2.05) is 31.2 Å². The highest BCUT2D eigenvalue weighted by Gasteiger charge is 2.33. The van der Waals surface area contributed by atoms with Crippen LogP contribution in [0, 0.1) is 12.8 Å². The smallest absolute Gasteiger partial charge is 0.243 e. The van der Waals surface area contributed by atoms with Crippen molar-refractivity contribution in [3.8, 4) is 0 Å². The molecule has 1 fully saturated rings. The molecule has 1 amide bonds. The third-order valence-corrected chi connectivity index (χ3v) is 8.20. The molecule has 34 heavy (non-hydrogen) atoms. The topological polar surface area (TPSA) is 91.4 Å². The third-order valence-electron chi connectivity index (χ3n) is 6.09. The fraction of sp³-hybridized carbons (Fsp3) is 0.360. The number of amides is 1. The first-order valence-corrected chi connectivity index (χ1v) is 13.3. The van der Waals surface area contributed by atoms with Gasteiger partial charge in [0, 0.05) is 48.5 Å². The molecule has 1 aromatic heterocycles. The molecular weight excluding hydrogens is 472 g/mol. The van der Waals surface area contributed by atoms with E-state index in [0.29, 0.717) is 37.5 Å². The van der Waals surface area contributed by atoms with Gasteiger partial charge in [0.05, 0.1) is 16.3 Å². The summed E-state index contributed by atoms with van der Waals surface area (Å²) in [7, 11) is -3.60. The van der Waals surface area contributed by atoms with E-state index in [9.17, 15) is 13.2 Å². The van der Waals surface area contributed by atoms with Crippen molar-refractivity contribution in [3.05, 3.63) is 65.3 Å². The van der Waals surface area contributed by atoms with Crippen LogP contribution in [0.15, 0.2) is 59.6 Å². The summed E-state index contributed by atoms with van der Waals surface area (Å²) in [6.45, 7) is 3.77. The Bertz CT molecular complexity index is 1260. The molecule has 2 heterocycles. The van der Waals surface area contributed by atoms with Gasteiger partial charge in [0.25, 0.3) is 0 Å². The molecule has 2 aromatic carbocycles. The Labute approximate surface area is 205 Å². The molecule has 0 spiro atoms. The van der Waals surface area contributed by atoms with Crippen LogP contribution in [0.2, 0.25) is 5.02 Å². The van der Waals surface area contributed by atoms with Gasteiger partial charge in [-0.1, -0.05) is 29.3 Å². The minimum absolute atomic E-state index is 0.0900. The second-order valence-corrected chi connectivity index (χ2v) is 11.0. The number of benzene rings is 2. The van der Waals surface area contributed by atoms with Crippen LogP contribution in [0.5, 0.6) is 0 Å². The number of nitrogens with zero attached hydrogens (tertiary/aromatic N) is 2. The maximum Gasteiger partial charge on any atom is 0.243 e. The number of carbonyl (C=O) groups is 1. The molecule has 180 valence electrons. The average Bonchev–Trinajstić information content (AvgIpc) is 2.84. The van der Waals surface area contributed by atoms with Crippen molar-refractivity contribution in [2.24, 2.45) is 5.92 Å². The molecule has 0 saturated carbocycles. The summed E-state index contributed by atoms with van der Waals surface area (Å²) in [5.74, 6) is -0.427. The quantitative estimate of drug-likeness (QED) is 0.452. The van der Waals surface area contributed by atoms with Crippen LogP contribution in [-0.2, 0) is 14.8 Å². The minimum Gasteiger partial charge on any atom is -0.384 e. The number of anilines is 1. The van der Waals surface area contributed by atoms with Gasteiger partial charge in [-0.3, -0.25) is 9.78 Å². The summed E-state index contributed by atoms with van der Waals surface area (Å²) >= 11 is 6.04. The molecule has 2 N–H and O–H groups in total. The van der Waals surface area contributed by atoms with Crippen molar-refractivity contribution >= 4 is 44.1 Å². The lowest BCUT2D eigenvalue weighted by atomic mass is 9.99. The van der Waals surface area contributed by atoms with E-state index in [-0.39, 0.29) is 23.3 Å². The lowest BCUT2D eigenvalue weighted by Crippen LogP contribution is -2.45. The molecule has 9 heteroatoms. The molecule has 1 atom stereocenters. The van der Waals surface area contributed by atoms with Gasteiger partial charge in [-0.25, -0.2) is 8.42 Å². The van der Waals surface area contributed by atoms with Gasteiger partial charge in [-0.2, -0.15) is 4.31 Å². The van der Waals surface area contributed by atoms with E-state index < -0.39 is 10.0 Å². The summed E-state index contributed by atoms with van der Waals surface area (Å²) in [6, 6.07) is 14.4. The fourth-order valence-electron chi connectivity index (χ4n) is 4.18. The number of aromatic nitrogens is 1. The zero-order valence-electron chi connectivity index (χ0n) is 19.1. The molecule has 0 radical (unpaired) electrons. The monoisotopic (exact) mass is 500 g/mol. The first-order chi connectivity index (χ1) is 16.3. The summed E-state index contributed by atoms with van der Waals surface area (Å²) in [6.07, 6.45) is 3.84. The van der Waals surface area contributed by atoms with Crippen molar-refractivity contribution in [2.75, 3.05) is 31.5 Å². The van der Waals surface area contributed by atoms with Crippen LogP contribution in [0.25, 0.3) is 10.9 Å². The van der Waals surface area contributed by atoms with Crippen LogP contribution >= 0.6 is 11.6 Å². The van der Waals surface area contributed by atoms with Crippen LogP contribution in [0.1, 0.15) is 24.8 Å². The van der Waals surface area contributed by atoms with Crippen molar-refractivity contribution in [3.63, 3.8) is 0 Å². The third kappa shape index (κ3) is 5.68. The maximum absolute atomic E-state index is 13.0. The summed E-state index contributed by atoms with van der Waals surface area (Å²) in [4.78, 5) is 17.3. The lowest BCUT2D eigenvalue weighted by molar-refractivity contribution is -0.126. The Morgan fingerprint density at radius 2 is 1.94 bits per heavy atom.